The molecule has 0 atom stereocenters. The summed E-state index contributed by atoms with van der Waals surface area (Å²) in [7, 11) is 0. The van der Waals surface area contributed by atoms with Gasteiger partial charge in [-0.05, 0) is 18.5 Å². The van der Waals surface area contributed by atoms with Crippen molar-refractivity contribution in [2.24, 2.45) is 5.11 Å². The van der Waals surface area contributed by atoms with Gasteiger partial charge in [-0.25, -0.2) is 0 Å². The Hall–Kier alpha value is -3.04. The molecule has 0 radical (unpaired) electrons. The molecule has 3 rings (SSSR count). The van der Waals surface area contributed by atoms with Crippen LogP contribution in [0.4, 0.5) is 0 Å². The highest BCUT2D eigenvalue weighted by molar-refractivity contribution is 5.83. The second kappa shape index (κ2) is 5.76. The van der Waals surface area contributed by atoms with E-state index in [1.165, 1.54) is 0 Å². The van der Waals surface area contributed by atoms with E-state index < -0.39 is 0 Å². The van der Waals surface area contributed by atoms with Gasteiger partial charge in [-0.2, -0.15) is 0 Å². The monoisotopic (exact) mass is 291 g/mol. The zero-order valence-electron chi connectivity index (χ0n) is 12.0. The predicted molar refractivity (Wildman–Crippen MR) is 85.5 cm³/mol. The maximum absolute atomic E-state index is 12.6. The van der Waals surface area contributed by atoms with Crippen LogP contribution < -0.4 is 5.43 Å². The Bertz CT molecular complexity index is 939. The molecule has 0 fully saturated rings. The molecule has 0 saturated heterocycles. The first-order chi connectivity index (χ1) is 10.7. The second-order valence-electron chi connectivity index (χ2n) is 4.93. The molecule has 0 aliphatic rings. The lowest BCUT2D eigenvalue weighted by atomic mass is 10.0. The third kappa shape index (κ3) is 2.34. The van der Waals surface area contributed by atoms with Crippen LogP contribution in [0.3, 0.4) is 0 Å². The molecule has 108 valence electrons. The van der Waals surface area contributed by atoms with E-state index >= 15 is 0 Å². The number of hydrogen-bond donors (Lipinski definition) is 0. The maximum Gasteiger partial charge on any atom is 0.196 e. The Morgan fingerprint density at radius 2 is 1.91 bits per heavy atom. The normalized spacial score (nSPS) is 10.4. The first-order valence-corrected chi connectivity index (χ1v) is 6.84. The lowest BCUT2D eigenvalue weighted by Gasteiger charge is -2.09. The van der Waals surface area contributed by atoms with Crippen LogP contribution in [0, 0.1) is 6.92 Å². The van der Waals surface area contributed by atoms with Gasteiger partial charge < -0.3 is 4.42 Å². The molecule has 0 saturated carbocycles. The summed E-state index contributed by atoms with van der Waals surface area (Å²) in [5.74, 6) is 0.548. The van der Waals surface area contributed by atoms with Crippen LogP contribution in [0.15, 0.2) is 62.9 Å². The summed E-state index contributed by atoms with van der Waals surface area (Å²) in [6.45, 7) is 1.90. The number of nitrogens with zero attached hydrogens (tertiary/aromatic N) is 3. The largest absolute Gasteiger partial charge is 0.455 e. The number of fused-ring (bicyclic) bond motifs is 1. The van der Waals surface area contributed by atoms with Gasteiger partial charge >= 0.3 is 0 Å². The quantitative estimate of drug-likeness (QED) is 0.402. The minimum absolute atomic E-state index is 0.0668. The molecule has 2 aromatic carbocycles. The van der Waals surface area contributed by atoms with Crippen molar-refractivity contribution in [2.75, 3.05) is 0 Å². The summed E-state index contributed by atoms with van der Waals surface area (Å²) in [5, 5.41) is 4.07. The van der Waals surface area contributed by atoms with Gasteiger partial charge in [0.15, 0.2) is 5.43 Å². The SMILES string of the molecule is Cc1c(-c2ccccc2)oc2c(CN=[N+]=[N-])cccc2c1=O. The molecule has 0 aliphatic heterocycles. The summed E-state index contributed by atoms with van der Waals surface area (Å²) >= 11 is 0. The molecule has 0 bridgehead atoms. The topological polar surface area (TPSA) is 79.0 Å². The van der Waals surface area contributed by atoms with Crippen molar-refractivity contribution in [3.8, 4) is 11.3 Å². The number of rotatable bonds is 3. The van der Waals surface area contributed by atoms with Gasteiger partial charge in [0.05, 0.1) is 11.9 Å². The number of para-hydroxylation sites is 1. The van der Waals surface area contributed by atoms with Crippen LogP contribution in [-0.4, -0.2) is 0 Å². The highest BCUT2D eigenvalue weighted by Crippen LogP contribution is 2.27. The fourth-order valence-electron chi connectivity index (χ4n) is 2.47. The summed E-state index contributed by atoms with van der Waals surface area (Å²) in [6, 6.07) is 14.8. The van der Waals surface area contributed by atoms with Crippen LogP contribution in [-0.2, 0) is 6.54 Å². The van der Waals surface area contributed by atoms with Gasteiger partial charge in [-0.1, -0.05) is 47.6 Å². The first kappa shape index (κ1) is 13.9. The Morgan fingerprint density at radius 1 is 1.14 bits per heavy atom. The Kier molecular flexibility index (Phi) is 3.64. The van der Waals surface area contributed by atoms with E-state index in [0.29, 0.717) is 27.9 Å². The Morgan fingerprint density at radius 3 is 2.64 bits per heavy atom. The molecular formula is C17H13N3O2. The smallest absolute Gasteiger partial charge is 0.196 e. The summed E-state index contributed by atoms with van der Waals surface area (Å²) in [5.41, 5.74) is 11.0. The van der Waals surface area contributed by atoms with Gasteiger partial charge in [-0.3, -0.25) is 4.79 Å². The molecule has 1 heterocycles. The third-order valence-electron chi connectivity index (χ3n) is 3.57. The van der Waals surface area contributed by atoms with Crippen molar-refractivity contribution in [3.63, 3.8) is 0 Å². The number of benzene rings is 2. The Labute approximate surface area is 126 Å². The standard InChI is InChI=1S/C17H13N3O2/c1-11-15(21)14-9-5-8-13(10-19-20-18)17(14)22-16(11)12-6-3-2-4-7-12/h2-9H,10H2,1H3. The van der Waals surface area contributed by atoms with Crippen molar-refractivity contribution in [1.82, 2.24) is 0 Å². The summed E-state index contributed by atoms with van der Waals surface area (Å²) in [4.78, 5) is 15.3. The van der Waals surface area contributed by atoms with Crippen LogP contribution in [0.1, 0.15) is 11.1 Å². The number of azide groups is 1. The molecule has 0 unspecified atom stereocenters. The molecule has 22 heavy (non-hydrogen) atoms. The molecule has 0 aliphatic carbocycles. The molecule has 5 nitrogen and oxygen atoms in total. The zero-order chi connectivity index (χ0) is 15.5. The van der Waals surface area contributed by atoms with Gasteiger partial charge in [0.2, 0.25) is 0 Å². The highest BCUT2D eigenvalue weighted by Gasteiger charge is 2.14. The first-order valence-electron chi connectivity index (χ1n) is 6.84. The maximum atomic E-state index is 12.6. The number of hydrogen-bond acceptors (Lipinski definition) is 3. The fourth-order valence-corrected chi connectivity index (χ4v) is 2.47. The zero-order valence-corrected chi connectivity index (χ0v) is 12.0. The second-order valence-corrected chi connectivity index (χ2v) is 4.93. The Balaban J connectivity index is 2.34. The van der Waals surface area contributed by atoms with Gasteiger partial charge in [0.1, 0.15) is 11.3 Å². The van der Waals surface area contributed by atoms with Crippen LogP contribution in [0.5, 0.6) is 0 Å². The van der Waals surface area contributed by atoms with E-state index in [2.05, 4.69) is 10.0 Å². The van der Waals surface area contributed by atoms with Gasteiger partial charge in [0, 0.05) is 21.6 Å². The van der Waals surface area contributed by atoms with Gasteiger partial charge in [-0.15, -0.1) is 0 Å². The molecular weight excluding hydrogens is 278 g/mol. The van der Waals surface area contributed by atoms with E-state index in [1.807, 2.05) is 30.3 Å². The van der Waals surface area contributed by atoms with Crippen LogP contribution in [0.2, 0.25) is 0 Å². The van der Waals surface area contributed by atoms with Crippen LogP contribution in [0.25, 0.3) is 32.7 Å². The fraction of sp³-hybridized carbons (Fsp3) is 0.118. The minimum Gasteiger partial charge on any atom is -0.455 e. The third-order valence-corrected chi connectivity index (χ3v) is 3.57. The predicted octanol–water partition coefficient (Wildman–Crippen LogP) is 4.58. The molecule has 0 amide bonds. The van der Waals surface area contributed by atoms with Crippen molar-refractivity contribution >= 4 is 11.0 Å². The van der Waals surface area contributed by atoms with Crippen LogP contribution >= 0.6 is 0 Å². The average Bonchev–Trinajstić information content (AvgIpc) is 2.57. The van der Waals surface area contributed by atoms with E-state index in [9.17, 15) is 4.79 Å². The lowest BCUT2D eigenvalue weighted by molar-refractivity contribution is 0.609. The van der Waals surface area contributed by atoms with Crippen molar-refractivity contribution < 1.29 is 4.42 Å². The molecule has 0 N–H and O–H groups in total. The van der Waals surface area contributed by atoms with E-state index in [0.717, 1.165) is 5.56 Å². The molecule has 5 heteroatoms. The van der Waals surface area contributed by atoms with Crippen molar-refractivity contribution in [2.45, 2.75) is 13.5 Å². The lowest BCUT2D eigenvalue weighted by Crippen LogP contribution is -2.08. The van der Waals surface area contributed by atoms with E-state index in [1.54, 1.807) is 25.1 Å². The summed E-state index contributed by atoms with van der Waals surface area (Å²) < 4.78 is 6.00. The molecule has 3 aromatic rings. The van der Waals surface area contributed by atoms with E-state index in [4.69, 9.17) is 9.95 Å². The van der Waals surface area contributed by atoms with Gasteiger partial charge in [0.25, 0.3) is 0 Å². The average molecular weight is 291 g/mol. The van der Waals surface area contributed by atoms with Crippen molar-refractivity contribution in [3.05, 3.63) is 80.3 Å². The molecule has 0 spiro atoms. The van der Waals surface area contributed by atoms with E-state index in [-0.39, 0.29) is 12.0 Å². The summed E-state index contributed by atoms with van der Waals surface area (Å²) in [6.07, 6.45) is 0. The minimum atomic E-state index is -0.0668. The van der Waals surface area contributed by atoms with Crippen molar-refractivity contribution in [1.29, 1.82) is 0 Å². The highest BCUT2D eigenvalue weighted by atomic mass is 16.3. The molecule has 1 aromatic heterocycles.